The van der Waals surface area contributed by atoms with Crippen LogP contribution in [0.4, 0.5) is 0 Å². The Balaban J connectivity index is 3.33. The fraction of sp³-hybridized carbons (Fsp3) is 0.909. The SMILES string of the molecule is CCCCCCC/C(CC)=N/OC. The number of unbranched alkanes of at least 4 members (excludes halogenated alkanes) is 4. The van der Waals surface area contributed by atoms with Crippen LogP contribution >= 0.6 is 0 Å². The molecule has 0 heterocycles. The van der Waals surface area contributed by atoms with Crippen molar-refractivity contribution in [2.24, 2.45) is 5.16 Å². The van der Waals surface area contributed by atoms with E-state index in [0.29, 0.717) is 0 Å². The number of hydrogen-bond donors (Lipinski definition) is 0. The first kappa shape index (κ1) is 12.5. The molecule has 0 atom stereocenters. The van der Waals surface area contributed by atoms with Crippen LogP contribution in [-0.2, 0) is 4.84 Å². The van der Waals surface area contributed by atoms with Crippen LogP contribution in [0.1, 0.15) is 58.8 Å². The van der Waals surface area contributed by atoms with E-state index in [4.69, 9.17) is 4.84 Å². The molecule has 2 nitrogen and oxygen atoms in total. The van der Waals surface area contributed by atoms with Gasteiger partial charge in [-0.05, 0) is 19.3 Å². The van der Waals surface area contributed by atoms with E-state index in [9.17, 15) is 0 Å². The lowest BCUT2D eigenvalue weighted by molar-refractivity contribution is 0.211. The van der Waals surface area contributed by atoms with Gasteiger partial charge in [-0.2, -0.15) is 0 Å². The van der Waals surface area contributed by atoms with Gasteiger partial charge < -0.3 is 4.84 Å². The van der Waals surface area contributed by atoms with Crippen molar-refractivity contribution >= 4 is 5.71 Å². The third kappa shape index (κ3) is 7.82. The smallest absolute Gasteiger partial charge is 0.106 e. The topological polar surface area (TPSA) is 21.6 Å². The lowest BCUT2D eigenvalue weighted by Gasteiger charge is -2.02. The van der Waals surface area contributed by atoms with Crippen LogP contribution in [0.3, 0.4) is 0 Å². The van der Waals surface area contributed by atoms with E-state index in [1.807, 2.05) is 0 Å². The van der Waals surface area contributed by atoms with Crippen LogP contribution in [0.5, 0.6) is 0 Å². The summed E-state index contributed by atoms with van der Waals surface area (Å²) in [5.74, 6) is 0. The van der Waals surface area contributed by atoms with Crippen molar-refractivity contribution in [3.05, 3.63) is 0 Å². The molecule has 0 saturated carbocycles. The fourth-order valence-electron chi connectivity index (χ4n) is 1.35. The molecule has 0 spiro atoms. The third-order valence-electron chi connectivity index (χ3n) is 2.20. The second-order valence-corrected chi connectivity index (χ2v) is 3.36. The van der Waals surface area contributed by atoms with Crippen molar-refractivity contribution in [2.45, 2.75) is 58.8 Å². The van der Waals surface area contributed by atoms with E-state index in [2.05, 4.69) is 19.0 Å². The van der Waals surface area contributed by atoms with E-state index in [0.717, 1.165) is 12.8 Å². The molecule has 0 aromatic rings. The monoisotopic (exact) mass is 185 g/mol. The molecule has 0 aromatic carbocycles. The van der Waals surface area contributed by atoms with Crippen molar-refractivity contribution in [2.75, 3.05) is 7.11 Å². The Morgan fingerprint density at radius 3 is 2.31 bits per heavy atom. The number of hydrogen-bond acceptors (Lipinski definition) is 2. The first-order chi connectivity index (χ1) is 6.35. The first-order valence-corrected chi connectivity index (χ1v) is 5.44. The van der Waals surface area contributed by atoms with Crippen molar-refractivity contribution < 1.29 is 4.84 Å². The maximum absolute atomic E-state index is 4.76. The van der Waals surface area contributed by atoms with Crippen LogP contribution in [0.15, 0.2) is 5.16 Å². The van der Waals surface area contributed by atoms with Crippen LogP contribution in [0, 0.1) is 0 Å². The summed E-state index contributed by atoms with van der Waals surface area (Å²) in [6.45, 7) is 4.37. The van der Waals surface area contributed by atoms with Gasteiger partial charge in [0, 0.05) is 0 Å². The second kappa shape index (κ2) is 9.56. The van der Waals surface area contributed by atoms with Crippen LogP contribution < -0.4 is 0 Å². The highest BCUT2D eigenvalue weighted by molar-refractivity contribution is 5.83. The van der Waals surface area contributed by atoms with Crippen molar-refractivity contribution in [1.82, 2.24) is 0 Å². The fourth-order valence-corrected chi connectivity index (χ4v) is 1.35. The first-order valence-electron chi connectivity index (χ1n) is 5.44. The Hall–Kier alpha value is -0.530. The summed E-state index contributed by atoms with van der Waals surface area (Å²) >= 11 is 0. The summed E-state index contributed by atoms with van der Waals surface area (Å²) < 4.78 is 0. The van der Waals surface area contributed by atoms with Gasteiger partial charge in [0.15, 0.2) is 0 Å². The number of oxime groups is 1. The number of rotatable bonds is 8. The molecule has 0 aliphatic rings. The van der Waals surface area contributed by atoms with Gasteiger partial charge in [0.2, 0.25) is 0 Å². The Bertz CT molecular complexity index is 132. The van der Waals surface area contributed by atoms with E-state index in [1.165, 1.54) is 37.8 Å². The molecule has 0 bridgehead atoms. The molecule has 78 valence electrons. The summed E-state index contributed by atoms with van der Waals surface area (Å²) in [6, 6.07) is 0. The van der Waals surface area contributed by atoms with Gasteiger partial charge in [0.1, 0.15) is 7.11 Å². The molecule has 0 amide bonds. The lowest BCUT2D eigenvalue weighted by atomic mass is 10.1. The predicted octanol–water partition coefficient (Wildman–Crippen LogP) is 3.76. The van der Waals surface area contributed by atoms with Gasteiger partial charge >= 0.3 is 0 Å². The molecule has 0 aliphatic carbocycles. The Morgan fingerprint density at radius 2 is 1.77 bits per heavy atom. The van der Waals surface area contributed by atoms with Gasteiger partial charge in [0.25, 0.3) is 0 Å². The third-order valence-corrected chi connectivity index (χ3v) is 2.20. The molecular weight excluding hydrogens is 162 g/mol. The molecule has 0 unspecified atom stereocenters. The minimum Gasteiger partial charge on any atom is -0.399 e. The zero-order valence-electron chi connectivity index (χ0n) is 9.31. The van der Waals surface area contributed by atoms with Gasteiger partial charge in [-0.3, -0.25) is 0 Å². The summed E-state index contributed by atoms with van der Waals surface area (Å²) in [6.07, 6.45) is 8.75. The van der Waals surface area contributed by atoms with Crippen LogP contribution in [-0.4, -0.2) is 12.8 Å². The lowest BCUT2D eigenvalue weighted by Crippen LogP contribution is -1.96. The highest BCUT2D eigenvalue weighted by atomic mass is 16.6. The second-order valence-electron chi connectivity index (χ2n) is 3.36. The molecular formula is C11H23NO. The Labute approximate surface area is 82.4 Å². The van der Waals surface area contributed by atoms with E-state index < -0.39 is 0 Å². The van der Waals surface area contributed by atoms with E-state index in [1.54, 1.807) is 7.11 Å². The number of nitrogens with zero attached hydrogens (tertiary/aromatic N) is 1. The molecule has 2 heteroatoms. The minimum absolute atomic E-state index is 1.02. The molecule has 0 aliphatic heterocycles. The molecule has 0 saturated heterocycles. The van der Waals surface area contributed by atoms with Gasteiger partial charge in [-0.15, -0.1) is 0 Å². The Kier molecular flexibility index (Phi) is 9.17. The zero-order chi connectivity index (χ0) is 9.94. The summed E-state index contributed by atoms with van der Waals surface area (Å²) in [5, 5.41) is 3.98. The quantitative estimate of drug-likeness (QED) is 0.320. The summed E-state index contributed by atoms with van der Waals surface area (Å²) in [5.41, 5.74) is 1.19. The van der Waals surface area contributed by atoms with Crippen LogP contribution in [0.2, 0.25) is 0 Å². The molecule has 0 fully saturated rings. The summed E-state index contributed by atoms with van der Waals surface area (Å²) in [4.78, 5) is 4.76. The van der Waals surface area contributed by atoms with Crippen molar-refractivity contribution in [3.8, 4) is 0 Å². The molecule has 0 N–H and O–H groups in total. The molecule has 0 radical (unpaired) electrons. The van der Waals surface area contributed by atoms with E-state index in [-0.39, 0.29) is 0 Å². The van der Waals surface area contributed by atoms with E-state index >= 15 is 0 Å². The average Bonchev–Trinajstić information content (AvgIpc) is 2.16. The molecule has 0 rings (SSSR count). The highest BCUT2D eigenvalue weighted by Crippen LogP contribution is 2.07. The van der Waals surface area contributed by atoms with Crippen LogP contribution in [0.25, 0.3) is 0 Å². The maximum Gasteiger partial charge on any atom is 0.106 e. The van der Waals surface area contributed by atoms with Crippen molar-refractivity contribution in [1.29, 1.82) is 0 Å². The van der Waals surface area contributed by atoms with Crippen molar-refractivity contribution in [3.63, 3.8) is 0 Å². The zero-order valence-corrected chi connectivity index (χ0v) is 9.31. The Morgan fingerprint density at radius 1 is 1.08 bits per heavy atom. The minimum atomic E-state index is 1.02. The van der Waals surface area contributed by atoms with Gasteiger partial charge in [-0.25, -0.2) is 0 Å². The highest BCUT2D eigenvalue weighted by Gasteiger charge is 1.96. The molecule has 0 aromatic heterocycles. The van der Waals surface area contributed by atoms with Gasteiger partial charge in [-0.1, -0.05) is 44.7 Å². The standard InChI is InChI=1S/C11H23NO/c1-4-6-7-8-9-10-11(5-2)12-13-3/h4-10H2,1-3H3/b12-11+. The van der Waals surface area contributed by atoms with Gasteiger partial charge in [0.05, 0.1) is 5.71 Å². The largest absolute Gasteiger partial charge is 0.399 e. The average molecular weight is 185 g/mol. The summed E-state index contributed by atoms with van der Waals surface area (Å²) in [7, 11) is 1.62. The predicted molar refractivity (Wildman–Crippen MR) is 58.1 cm³/mol. The molecule has 13 heavy (non-hydrogen) atoms. The normalized spacial score (nSPS) is 11.8. The maximum atomic E-state index is 4.76.